The Morgan fingerprint density at radius 3 is 2.41 bits per heavy atom. The first-order valence-electron chi connectivity index (χ1n) is 13.3. The van der Waals surface area contributed by atoms with Gasteiger partial charge in [-0.15, -0.1) is 0 Å². The second-order valence-electron chi connectivity index (χ2n) is 9.13. The lowest BCUT2D eigenvalue weighted by molar-refractivity contribution is -0.123. The number of amides is 1. The minimum atomic E-state index is -0.0887. The third-order valence-corrected chi connectivity index (χ3v) is 6.37. The van der Waals surface area contributed by atoms with Gasteiger partial charge in [0, 0.05) is 19.5 Å². The first kappa shape index (κ1) is 26.3. The monoisotopic (exact) mass is 499 g/mol. The molecule has 0 aliphatic carbocycles. The van der Waals surface area contributed by atoms with E-state index in [1.807, 2.05) is 36.4 Å². The Hall–Kier alpha value is -3.80. The van der Waals surface area contributed by atoms with Gasteiger partial charge in [0.1, 0.15) is 17.3 Å². The highest BCUT2D eigenvalue weighted by Crippen LogP contribution is 2.19. The number of unbranched alkanes of at least 4 members (excludes halogenated alkanes) is 2. The average molecular weight is 500 g/mol. The molecule has 0 bridgehead atoms. The van der Waals surface area contributed by atoms with Crippen molar-refractivity contribution in [2.75, 3.05) is 19.8 Å². The van der Waals surface area contributed by atoms with Gasteiger partial charge in [0.2, 0.25) is 0 Å². The smallest absolute Gasteiger partial charge is 0.257 e. The number of imidazole rings is 1. The number of nitrogens with one attached hydrogen (secondary N) is 1. The van der Waals surface area contributed by atoms with E-state index in [2.05, 4.69) is 59.3 Å². The summed E-state index contributed by atoms with van der Waals surface area (Å²) < 4.78 is 13.8. The Bertz CT molecular complexity index is 1240. The van der Waals surface area contributed by atoms with Crippen LogP contribution in [0, 0.1) is 0 Å². The van der Waals surface area contributed by atoms with Crippen LogP contribution in [0.4, 0.5) is 0 Å². The maximum Gasteiger partial charge on any atom is 0.257 e. The fourth-order valence-corrected chi connectivity index (χ4v) is 4.33. The van der Waals surface area contributed by atoms with Crippen LogP contribution < -0.4 is 14.8 Å². The number of hydrogen-bond donors (Lipinski definition) is 1. The van der Waals surface area contributed by atoms with Gasteiger partial charge in [0.05, 0.1) is 17.6 Å². The molecule has 1 N–H and O–H groups in total. The molecule has 0 radical (unpaired) electrons. The van der Waals surface area contributed by atoms with Crippen molar-refractivity contribution < 1.29 is 14.3 Å². The van der Waals surface area contributed by atoms with E-state index >= 15 is 0 Å². The van der Waals surface area contributed by atoms with Gasteiger partial charge in [0.25, 0.3) is 5.91 Å². The highest BCUT2D eigenvalue weighted by molar-refractivity contribution is 5.77. The summed E-state index contributed by atoms with van der Waals surface area (Å²) in [6.45, 7) is 4.40. The zero-order valence-electron chi connectivity index (χ0n) is 21.7. The normalized spacial score (nSPS) is 10.9. The largest absolute Gasteiger partial charge is 0.494 e. The molecule has 0 spiro atoms. The molecule has 0 aliphatic rings. The van der Waals surface area contributed by atoms with Gasteiger partial charge in [-0.3, -0.25) is 4.79 Å². The van der Waals surface area contributed by atoms with Crippen molar-refractivity contribution in [1.82, 2.24) is 14.9 Å². The van der Waals surface area contributed by atoms with Crippen LogP contribution in [0.1, 0.15) is 44.0 Å². The van der Waals surface area contributed by atoms with Crippen LogP contribution in [0.5, 0.6) is 11.5 Å². The van der Waals surface area contributed by atoms with Crippen LogP contribution in [0.3, 0.4) is 0 Å². The standard InChI is InChI=1S/C31H37N3O3/c1-2-25-17-19-27(20-18-25)36-23-11-22-34-29-15-9-8-14-28(29)33-30(34)16-7-4-10-21-32-31(35)24-37-26-12-5-3-6-13-26/h3,5-6,8-9,12-15,17-20H,2,4,7,10-11,16,21-24H2,1H3,(H,32,35). The maximum absolute atomic E-state index is 12.0. The molecule has 1 amide bonds. The molecule has 4 rings (SSSR count). The molecule has 0 aliphatic heterocycles. The molecule has 0 atom stereocenters. The molecule has 37 heavy (non-hydrogen) atoms. The van der Waals surface area contributed by atoms with Crippen LogP contribution in [0.15, 0.2) is 78.9 Å². The number of aryl methyl sites for hydroxylation is 3. The van der Waals surface area contributed by atoms with Crippen molar-refractivity contribution in [2.45, 2.75) is 52.0 Å². The fourth-order valence-electron chi connectivity index (χ4n) is 4.33. The summed E-state index contributed by atoms with van der Waals surface area (Å²) in [6, 6.07) is 26.1. The van der Waals surface area contributed by atoms with Crippen LogP contribution in [-0.2, 0) is 24.2 Å². The van der Waals surface area contributed by atoms with Gasteiger partial charge in [-0.05, 0) is 67.6 Å². The number of benzene rings is 3. The number of rotatable bonds is 15. The maximum atomic E-state index is 12.0. The van der Waals surface area contributed by atoms with E-state index in [-0.39, 0.29) is 12.5 Å². The predicted octanol–water partition coefficient (Wildman–Crippen LogP) is 5.98. The summed E-state index contributed by atoms with van der Waals surface area (Å²) in [5.41, 5.74) is 3.54. The minimum Gasteiger partial charge on any atom is -0.494 e. The molecule has 0 saturated heterocycles. The fraction of sp³-hybridized carbons (Fsp3) is 0.355. The summed E-state index contributed by atoms with van der Waals surface area (Å²) >= 11 is 0. The number of ether oxygens (including phenoxy) is 2. The average Bonchev–Trinajstić information content (AvgIpc) is 3.30. The van der Waals surface area contributed by atoms with Gasteiger partial charge >= 0.3 is 0 Å². The molecule has 0 saturated carbocycles. The molecule has 3 aromatic carbocycles. The van der Waals surface area contributed by atoms with Crippen LogP contribution in [-0.4, -0.2) is 35.2 Å². The van der Waals surface area contributed by atoms with Crippen molar-refractivity contribution in [3.05, 3.63) is 90.3 Å². The number of hydrogen-bond acceptors (Lipinski definition) is 4. The van der Waals surface area contributed by atoms with Crippen LogP contribution >= 0.6 is 0 Å². The summed E-state index contributed by atoms with van der Waals surface area (Å²) in [5.74, 6) is 2.66. The Kier molecular flexibility index (Phi) is 9.99. The number of nitrogens with zero attached hydrogens (tertiary/aromatic N) is 2. The molecule has 4 aromatic rings. The zero-order chi connectivity index (χ0) is 25.7. The second kappa shape index (κ2) is 14.1. The van der Waals surface area contributed by atoms with Gasteiger partial charge in [0.15, 0.2) is 6.61 Å². The summed E-state index contributed by atoms with van der Waals surface area (Å²) in [6.07, 6.45) is 5.86. The van der Waals surface area contributed by atoms with Gasteiger partial charge in [-0.2, -0.15) is 0 Å². The van der Waals surface area contributed by atoms with E-state index in [1.54, 1.807) is 0 Å². The lowest BCUT2D eigenvalue weighted by atomic mass is 10.2. The molecule has 194 valence electrons. The quantitative estimate of drug-likeness (QED) is 0.205. The zero-order valence-corrected chi connectivity index (χ0v) is 21.7. The lowest BCUT2D eigenvalue weighted by Crippen LogP contribution is -2.29. The Labute approximate surface area is 219 Å². The minimum absolute atomic E-state index is 0.0435. The van der Waals surface area contributed by atoms with Crippen molar-refractivity contribution in [3.63, 3.8) is 0 Å². The third-order valence-electron chi connectivity index (χ3n) is 6.37. The van der Waals surface area contributed by atoms with Crippen molar-refractivity contribution >= 4 is 16.9 Å². The molecular formula is C31H37N3O3. The summed E-state index contributed by atoms with van der Waals surface area (Å²) in [7, 11) is 0. The van der Waals surface area contributed by atoms with E-state index in [0.29, 0.717) is 18.9 Å². The van der Waals surface area contributed by atoms with Gasteiger partial charge in [-0.25, -0.2) is 4.98 Å². The molecule has 0 fully saturated rings. The molecule has 6 heteroatoms. The van der Waals surface area contributed by atoms with Gasteiger partial charge in [-0.1, -0.05) is 55.8 Å². The van der Waals surface area contributed by atoms with E-state index < -0.39 is 0 Å². The SMILES string of the molecule is CCc1ccc(OCCCn2c(CCCCCNC(=O)COc3ccccc3)nc3ccccc32)cc1. The van der Waals surface area contributed by atoms with E-state index in [4.69, 9.17) is 14.5 Å². The predicted molar refractivity (Wildman–Crippen MR) is 148 cm³/mol. The summed E-state index contributed by atoms with van der Waals surface area (Å²) in [4.78, 5) is 16.9. The second-order valence-corrected chi connectivity index (χ2v) is 9.13. The Morgan fingerprint density at radius 2 is 1.59 bits per heavy atom. The van der Waals surface area contributed by atoms with E-state index in [9.17, 15) is 4.79 Å². The van der Waals surface area contributed by atoms with Crippen molar-refractivity contribution in [3.8, 4) is 11.5 Å². The molecular weight excluding hydrogens is 462 g/mol. The third kappa shape index (κ3) is 8.10. The van der Waals surface area contributed by atoms with Crippen molar-refractivity contribution in [2.24, 2.45) is 0 Å². The summed E-state index contributed by atoms with van der Waals surface area (Å²) in [5, 5.41) is 2.94. The Balaban J connectivity index is 1.18. The molecule has 0 unspecified atom stereocenters. The molecule has 1 aromatic heterocycles. The van der Waals surface area contributed by atoms with E-state index in [1.165, 1.54) is 11.1 Å². The van der Waals surface area contributed by atoms with Crippen LogP contribution in [0.2, 0.25) is 0 Å². The number of carbonyl (C=O) groups excluding carboxylic acids is 1. The number of fused-ring (bicyclic) bond motifs is 1. The Morgan fingerprint density at radius 1 is 0.838 bits per heavy atom. The van der Waals surface area contributed by atoms with Gasteiger partial charge < -0.3 is 19.4 Å². The number of carbonyl (C=O) groups is 1. The van der Waals surface area contributed by atoms with Crippen LogP contribution in [0.25, 0.3) is 11.0 Å². The lowest BCUT2D eigenvalue weighted by Gasteiger charge is -2.11. The topological polar surface area (TPSA) is 65.4 Å². The van der Waals surface area contributed by atoms with Crippen molar-refractivity contribution in [1.29, 1.82) is 0 Å². The highest BCUT2D eigenvalue weighted by Gasteiger charge is 2.10. The number of aromatic nitrogens is 2. The number of para-hydroxylation sites is 3. The first-order chi connectivity index (χ1) is 18.2. The molecule has 1 heterocycles. The molecule has 6 nitrogen and oxygen atoms in total. The highest BCUT2D eigenvalue weighted by atomic mass is 16.5. The first-order valence-corrected chi connectivity index (χ1v) is 13.3. The van der Waals surface area contributed by atoms with E-state index in [0.717, 1.165) is 62.2 Å².